The fourth-order valence-corrected chi connectivity index (χ4v) is 1.02. The van der Waals surface area contributed by atoms with Crippen molar-refractivity contribution in [3.63, 3.8) is 0 Å². The molecule has 0 aliphatic heterocycles. The Morgan fingerprint density at radius 3 is 2.43 bits per heavy atom. The monoisotopic (exact) mass is 199 g/mol. The summed E-state index contributed by atoms with van der Waals surface area (Å²) >= 11 is 0. The fraction of sp³-hybridized carbons (Fsp3) is 0.778. The summed E-state index contributed by atoms with van der Waals surface area (Å²) in [5, 5.41) is 5.36. The standard InChI is InChI=1S/C9H17N3O2/c1-6(10)8(13)11-4-5-12-9(14)7-2-3-7/h6-7H,2-5,10H2,1H3,(H,11,13)(H,12,14)/t6-/m0/s1. The van der Waals surface area contributed by atoms with Gasteiger partial charge in [-0.05, 0) is 19.8 Å². The summed E-state index contributed by atoms with van der Waals surface area (Å²) in [6.45, 7) is 2.55. The van der Waals surface area contributed by atoms with E-state index >= 15 is 0 Å². The number of amides is 2. The van der Waals surface area contributed by atoms with Crippen LogP contribution in [0.15, 0.2) is 0 Å². The van der Waals surface area contributed by atoms with E-state index in [0.29, 0.717) is 13.1 Å². The zero-order valence-electron chi connectivity index (χ0n) is 8.38. The average Bonchev–Trinajstić information content (AvgIpc) is 2.94. The second kappa shape index (κ2) is 4.95. The van der Waals surface area contributed by atoms with Crippen molar-refractivity contribution in [2.75, 3.05) is 13.1 Å². The van der Waals surface area contributed by atoms with E-state index in [9.17, 15) is 9.59 Å². The summed E-state index contributed by atoms with van der Waals surface area (Å²) in [7, 11) is 0. The molecule has 1 aliphatic carbocycles. The normalized spacial score (nSPS) is 17.3. The highest BCUT2D eigenvalue weighted by atomic mass is 16.2. The minimum absolute atomic E-state index is 0.0973. The second-order valence-corrected chi connectivity index (χ2v) is 3.65. The molecule has 1 aliphatic rings. The smallest absolute Gasteiger partial charge is 0.236 e. The molecule has 80 valence electrons. The average molecular weight is 199 g/mol. The molecule has 1 saturated carbocycles. The van der Waals surface area contributed by atoms with Crippen molar-refractivity contribution in [3.8, 4) is 0 Å². The van der Waals surface area contributed by atoms with E-state index in [-0.39, 0.29) is 17.7 Å². The van der Waals surface area contributed by atoms with Gasteiger partial charge in [-0.2, -0.15) is 0 Å². The van der Waals surface area contributed by atoms with E-state index in [0.717, 1.165) is 12.8 Å². The third-order valence-electron chi connectivity index (χ3n) is 2.09. The van der Waals surface area contributed by atoms with Crippen molar-refractivity contribution in [1.82, 2.24) is 10.6 Å². The molecule has 0 aromatic heterocycles. The Morgan fingerprint density at radius 2 is 1.93 bits per heavy atom. The quantitative estimate of drug-likeness (QED) is 0.495. The third-order valence-corrected chi connectivity index (χ3v) is 2.09. The van der Waals surface area contributed by atoms with Gasteiger partial charge >= 0.3 is 0 Å². The molecule has 0 radical (unpaired) electrons. The Hall–Kier alpha value is -1.10. The summed E-state index contributed by atoms with van der Waals surface area (Å²) in [4.78, 5) is 22.1. The number of rotatable bonds is 5. The SMILES string of the molecule is C[C@H](N)C(=O)NCCNC(=O)C1CC1. The van der Waals surface area contributed by atoms with Crippen LogP contribution in [0.3, 0.4) is 0 Å². The van der Waals surface area contributed by atoms with Crippen LogP contribution in [0, 0.1) is 5.92 Å². The maximum absolute atomic E-state index is 11.1. The zero-order chi connectivity index (χ0) is 10.6. The van der Waals surface area contributed by atoms with Crippen LogP contribution >= 0.6 is 0 Å². The molecule has 2 amide bonds. The molecule has 4 N–H and O–H groups in total. The molecule has 0 aromatic rings. The number of carbonyl (C=O) groups excluding carboxylic acids is 2. The van der Waals surface area contributed by atoms with Gasteiger partial charge in [0, 0.05) is 19.0 Å². The van der Waals surface area contributed by atoms with Crippen LogP contribution in [0.5, 0.6) is 0 Å². The van der Waals surface area contributed by atoms with E-state index in [2.05, 4.69) is 10.6 Å². The first-order chi connectivity index (χ1) is 6.61. The number of hydrogen-bond acceptors (Lipinski definition) is 3. The third kappa shape index (κ3) is 3.74. The van der Waals surface area contributed by atoms with Gasteiger partial charge in [-0.15, -0.1) is 0 Å². The highest BCUT2D eigenvalue weighted by molar-refractivity contribution is 5.82. The maximum atomic E-state index is 11.1. The van der Waals surface area contributed by atoms with Gasteiger partial charge in [0.05, 0.1) is 6.04 Å². The lowest BCUT2D eigenvalue weighted by atomic mass is 10.3. The largest absolute Gasteiger partial charge is 0.354 e. The summed E-state index contributed by atoms with van der Waals surface area (Å²) in [5.41, 5.74) is 5.34. The lowest BCUT2D eigenvalue weighted by Crippen LogP contribution is -2.42. The van der Waals surface area contributed by atoms with Gasteiger partial charge in [0.2, 0.25) is 11.8 Å². The molecule has 1 atom stereocenters. The molecule has 0 bridgehead atoms. The summed E-state index contributed by atoms with van der Waals surface area (Å²) in [6, 6.07) is -0.492. The molecule has 1 rings (SSSR count). The first-order valence-corrected chi connectivity index (χ1v) is 4.92. The summed E-state index contributed by atoms with van der Waals surface area (Å²) < 4.78 is 0. The molecule has 5 heteroatoms. The molecule has 0 heterocycles. The Labute approximate surface area is 83.4 Å². The van der Waals surface area contributed by atoms with Crippen LogP contribution in [0.1, 0.15) is 19.8 Å². The molecule has 0 saturated heterocycles. The molecule has 0 aromatic carbocycles. The van der Waals surface area contributed by atoms with Crippen LogP contribution in [-0.4, -0.2) is 30.9 Å². The molecule has 0 spiro atoms. The van der Waals surface area contributed by atoms with Crippen LogP contribution < -0.4 is 16.4 Å². The zero-order valence-corrected chi connectivity index (χ0v) is 8.38. The fourth-order valence-electron chi connectivity index (χ4n) is 1.02. The lowest BCUT2D eigenvalue weighted by Gasteiger charge is -2.08. The van der Waals surface area contributed by atoms with Crippen molar-refractivity contribution < 1.29 is 9.59 Å². The summed E-state index contributed by atoms with van der Waals surface area (Å²) in [5.74, 6) is 0.129. The second-order valence-electron chi connectivity index (χ2n) is 3.65. The van der Waals surface area contributed by atoms with Crippen LogP contribution in [-0.2, 0) is 9.59 Å². The number of nitrogens with one attached hydrogen (secondary N) is 2. The Bertz CT molecular complexity index is 208. The number of carbonyl (C=O) groups is 2. The minimum Gasteiger partial charge on any atom is -0.354 e. The lowest BCUT2D eigenvalue weighted by molar-refractivity contribution is -0.123. The van der Waals surface area contributed by atoms with Gasteiger partial charge < -0.3 is 16.4 Å². The van der Waals surface area contributed by atoms with Gasteiger partial charge in [0.15, 0.2) is 0 Å². The van der Waals surface area contributed by atoms with Gasteiger partial charge in [0.25, 0.3) is 0 Å². The van der Waals surface area contributed by atoms with E-state index < -0.39 is 6.04 Å². The Morgan fingerprint density at radius 1 is 1.36 bits per heavy atom. The predicted octanol–water partition coefficient (Wildman–Crippen LogP) is -1.02. The van der Waals surface area contributed by atoms with Crippen molar-refractivity contribution in [3.05, 3.63) is 0 Å². The van der Waals surface area contributed by atoms with Crippen molar-refractivity contribution in [1.29, 1.82) is 0 Å². The van der Waals surface area contributed by atoms with Crippen LogP contribution in [0.2, 0.25) is 0 Å². The number of hydrogen-bond donors (Lipinski definition) is 3. The molecule has 1 fully saturated rings. The molecule has 14 heavy (non-hydrogen) atoms. The van der Waals surface area contributed by atoms with Crippen LogP contribution in [0.4, 0.5) is 0 Å². The van der Waals surface area contributed by atoms with Gasteiger partial charge in [-0.25, -0.2) is 0 Å². The number of nitrogens with two attached hydrogens (primary N) is 1. The minimum atomic E-state index is -0.492. The predicted molar refractivity (Wildman–Crippen MR) is 52.4 cm³/mol. The van der Waals surface area contributed by atoms with E-state index in [1.165, 1.54) is 0 Å². The molecule has 5 nitrogen and oxygen atoms in total. The van der Waals surface area contributed by atoms with Crippen LogP contribution in [0.25, 0.3) is 0 Å². The van der Waals surface area contributed by atoms with Gasteiger partial charge in [-0.1, -0.05) is 0 Å². The molecular formula is C9H17N3O2. The highest BCUT2D eigenvalue weighted by Gasteiger charge is 2.28. The summed E-state index contributed by atoms with van der Waals surface area (Å²) in [6.07, 6.45) is 2.00. The Balaban J connectivity index is 1.98. The van der Waals surface area contributed by atoms with Crippen molar-refractivity contribution in [2.45, 2.75) is 25.8 Å². The van der Waals surface area contributed by atoms with E-state index in [1.807, 2.05) is 0 Å². The first kappa shape index (κ1) is 11.0. The van der Waals surface area contributed by atoms with Crippen molar-refractivity contribution in [2.24, 2.45) is 11.7 Å². The topological polar surface area (TPSA) is 84.2 Å². The maximum Gasteiger partial charge on any atom is 0.236 e. The molecular weight excluding hydrogens is 182 g/mol. The highest BCUT2D eigenvalue weighted by Crippen LogP contribution is 2.28. The van der Waals surface area contributed by atoms with E-state index in [1.54, 1.807) is 6.92 Å². The molecule has 0 unspecified atom stereocenters. The van der Waals surface area contributed by atoms with Gasteiger partial charge in [-0.3, -0.25) is 9.59 Å². The van der Waals surface area contributed by atoms with Gasteiger partial charge in [0.1, 0.15) is 0 Å². The van der Waals surface area contributed by atoms with E-state index in [4.69, 9.17) is 5.73 Å². The van der Waals surface area contributed by atoms with Crippen molar-refractivity contribution >= 4 is 11.8 Å². The first-order valence-electron chi connectivity index (χ1n) is 4.92. The Kier molecular flexibility index (Phi) is 3.88.